The lowest BCUT2D eigenvalue weighted by atomic mass is 9.96. The van der Waals surface area contributed by atoms with Gasteiger partial charge in [0, 0.05) is 21.5 Å². The molecule has 0 fully saturated rings. The van der Waals surface area contributed by atoms with E-state index in [1.165, 1.54) is 43.8 Å². The summed E-state index contributed by atoms with van der Waals surface area (Å²) in [6, 6.07) is 53.5. The number of fused-ring (bicyclic) bond motifs is 8. The van der Waals surface area contributed by atoms with Crippen LogP contribution in [0.5, 0.6) is 0 Å². The summed E-state index contributed by atoms with van der Waals surface area (Å²) in [6.07, 6.45) is 0. The fourth-order valence-corrected chi connectivity index (χ4v) is 6.71. The van der Waals surface area contributed by atoms with E-state index in [1.54, 1.807) is 0 Å². The minimum Gasteiger partial charge on any atom is -0.0680 e. The molecule has 0 heterocycles. The minimum atomic E-state index is 0.350. The van der Waals surface area contributed by atoms with Gasteiger partial charge in [-0.1, -0.05) is 115 Å². The summed E-state index contributed by atoms with van der Waals surface area (Å²) in [4.78, 5) is 0. The molecule has 0 atom stereocenters. The van der Waals surface area contributed by atoms with Gasteiger partial charge in [0.15, 0.2) is 0 Å². The summed E-state index contributed by atoms with van der Waals surface area (Å²) in [7, 11) is 0. The van der Waals surface area contributed by atoms with Crippen LogP contribution in [0.2, 0.25) is 0 Å². The largest absolute Gasteiger partial charge is 0.0680 e. The van der Waals surface area contributed by atoms with Gasteiger partial charge in [0.1, 0.15) is 0 Å². The number of hydrogen-bond acceptors (Lipinski definition) is 0. The van der Waals surface area contributed by atoms with Crippen molar-refractivity contribution in [1.29, 1.82) is 0 Å². The van der Waals surface area contributed by atoms with E-state index in [1.807, 2.05) is 0 Å². The first-order valence-electron chi connectivity index (χ1n) is 18.7. The minimum absolute atomic E-state index is 0.350. The van der Waals surface area contributed by atoms with Gasteiger partial charge in [-0.05, 0) is 178 Å². The van der Waals surface area contributed by atoms with Crippen LogP contribution in [0.25, 0.3) is 54.2 Å². The molecule has 5 rings (SSSR count). The molecule has 0 unspecified atom stereocenters. The van der Waals surface area contributed by atoms with Crippen molar-refractivity contribution in [2.24, 2.45) is 0 Å². The Morgan fingerprint density at radius 2 is 0.538 bits per heavy atom. The lowest BCUT2D eigenvalue weighted by Crippen LogP contribution is -2.06. The van der Waals surface area contributed by atoms with Crippen LogP contribution in [-0.2, 0) is 0 Å². The van der Waals surface area contributed by atoms with E-state index in [0.29, 0.717) is 23.7 Å². The molecular formula is C52H52. The summed E-state index contributed by atoms with van der Waals surface area (Å²) >= 11 is 0. The van der Waals surface area contributed by atoms with Gasteiger partial charge in [-0.25, -0.2) is 0 Å². The Balaban J connectivity index is 2.03. The molecule has 5 aromatic carbocycles. The first kappa shape index (κ1) is 37.8. The highest BCUT2D eigenvalue weighted by Gasteiger charge is 2.07. The molecule has 0 saturated carbocycles. The Morgan fingerprint density at radius 3 is 0.712 bits per heavy atom. The highest BCUT2D eigenvalue weighted by atomic mass is 14.1. The lowest BCUT2D eigenvalue weighted by molar-refractivity contribution is 0.869. The van der Waals surface area contributed by atoms with Gasteiger partial charge >= 0.3 is 0 Å². The van der Waals surface area contributed by atoms with Crippen molar-refractivity contribution in [3.63, 3.8) is 0 Å². The third kappa shape index (κ3) is 9.09. The van der Waals surface area contributed by atoms with E-state index in [2.05, 4.69) is 204 Å². The molecule has 0 aliphatic rings. The highest BCUT2D eigenvalue weighted by molar-refractivity contribution is 5.82. The zero-order valence-electron chi connectivity index (χ0n) is 33.2. The molecule has 0 spiro atoms. The van der Waals surface area contributed by atoms with Crippen LogP contribution in [0.1, 0.15) is 129 Å². The van der Waals surface area contributed by atoms with Crippen LogP contribution in [0, 0.1) is 48.5 Å². The van der Waals surface area contributed by atoms with Crippen molar-refractivity contribution in [2.45, 2.75) is 107 Å². The molecular weight excluding hydrogens is 625 g/mol. The van der Waals surface area contributed by atoms with Gasteiger partial charge < -0.3 is 0 Å². The SMILES string of the molecule is CC(C)=c1c2cc(C(C)C)cc(c#cc#cc3cc(C(C)C)cc(c3)c(=C(C)C)c3cc(C(C)C)cc(c#cc#cc4cc(C(C)C)cc1c4)c3)c2. The molecule has 0 heteroatoms. The average Bonchev–Trinajstić information content (AvgIpc) is 3.07. The van der Waals surface area contributed by atoms with Crippen LogP contribution >= 0.6 is 0 Å². The number of hydrogen-bond donors (Lipinski definition) is 0. The van der Waals surface area contributed by atoms with Crippen molar-refractivity contribution >= 4 is 54.2 Å². The van der Waals surface area contributed by atoms with Gasteiger partial charge in [-0.2, -0.15) is 0 Å². The second-order valence-electron chi connectivity index (χ2n) is 15.7. The van der Waals surface area contributed by atoms with E-state index < -0.39 is 0 Å². The predicted molar refractivity (Wildman–Crippen MR) is 225 cm³/mol. The summed E-state index contributed by atoms with van der Waals surface area (Å²) in [5.74, 6) is 1.40. The molecule has 0 aliphatic carbocycles. The third-order valence-electron chi connectivity index (χ3n) is 9.60. The van der Waals surface area contributed by atoms with E-state index in [4.69, 9.17) is 0 Å². The zero-order chi connectivity index (χ0) is 37.7. The molecule has 0 saturated heterocycles. The number of benzene rings is 4. The highest BCUT2D eigenvalue weighted by Crippen LogP contribution is 2.23. The Kier molecular flexibility index (Phi) is 11.9. The molecule has 0 radical (unpaired) electrons. The second kappa shape index (κ2) is 16.3. The topological polar surface area (TPSA) is 0 Å². The normalized spacial score (nSPS) is 10.8. The lowest BCUT2D eigenvalue weighted by Gasteiger charge is -2.09. The van der Waals surface area contributed by atoms with E-state index in [9.17, 15) is 0 Å². The maximum Gasteiger partial charge on any atom is 0.0264 e. The fraction of sp³-hybridized carbons (Fsp3) is 0.308. The summed E-state index contributed by atoms with van der Waals surface area (Å²) in [5.41, 5.74) is 7.50. The van der Waals surface area contributed by atoms with E-state index in [-0.39, 0.29) is 0 Å². The van der Waals surface area contributed by atoms with Gasteiger partial charge in [0.05, 0.1) is 0 Å². The predicted octanol–water partition coefficient (Wildman–Crippen LogP) is 12.9. The standard InChI is InChI=1S/C52H52/c1-33(2)43-21-39-17-13-14-18-41-23-45(35(5)6)31-49(27-41)52(38(11)12)50-28-42(24-46(32-50)36(7)8)20-16-15-19-40-22-44(34(3)4)30-48(26-40)51(37(9)10)47(25-39)29-43/h21-36H,1-12H3. The van der Waals surface area contributed by atoms with Crippen molar-refractivity contribution in [3.05, 3.63) is 154 Å². The molecule has 5 aromatic rings. The van der Waals surface area contributed by atoms with Crippen LogP contribution in [0.15, 0.2) is 72.8 Å². The van der Waals surface area contributed by atoms with Crippen LogP contribution < -0.4 is 10.4 Å². The molecule has 0 N–H and O–H groups in total. The van der Waals surface area contributed by atoms with Gasteiger partial charge in [-0.3, -0.25) is 0 Å². The van der Waals surface area contributed by atoms with Crippen LogP contribution in [0.4, 0.5) is 0 Å². The van der Waals surface area contributed by atoms with Gasteiger partial charge in [0.2, 0.25) is 0 Å². The van der Waals surface area contributed by atoms with Crippen molar-refractivity contribution < 1.29 is 0 Å². The average molecular weight is 677 g/mol. The Morgan fingerprint density at radius 1 is 0.327 bits per heavy atom. The smallest absolute Gasteiger partial charge is 0.0264 e. The molecule has 0 amide bonds. The van der Waals surface area contributed by atoms with E-state index in [0.717, 1.165) is 43.1 Å². The fourth-order valence-electron chi connectivity index (χ4n) is 6.71. The monoisotopic (exact) mass is 676 g/mol. The Labute approximate surface area is 313 Å². The van der Waals surface area contributed by atoms with Crippen molar-refractivity contribution in [2.75, 3.05) is 0 Å². The number of rotatable bonds is 4. The maximum absolute atomic E-state index is 3.41. The first-order chi connectivity index (χ1) is 24.7. The van der Waals surface area contributed by atoms with E-state index >= 15 is 0 Å². The van der Waals surface area contributed by atoms with Gasteiger partial charge in [0.25, 0.3) is 0 Å². The Hall–Kier alpha value is -5.40. The van der Waals surface area contributed by atoms with Crippen molar-refractivity contribution in [1.82, 2.24) is 0 Å². The van der Waals surface area contributed by atoms with Crippen LogP contribution in [0.3, 0.4) is 0 Å². The zero-order valence-corrected chi connectivity index (χ0v) is 33.2. The molecule has 0 aromatic heterocycles. The molecule has 260 valence electrons. The third-order valence-corrected chi connectivity index (χ3v) is 9.60. The molecule has 0 aliphatic heterocycles. The first-order valence-corrected chi connectivity index (χ1v) is 18.7. The molecule has 52 heavy (non-hydrogen) atoms. The van der Waals surface area contributed by atoms with Crippen LogP contribution in [-0.4, -0.2) is 0 Å². The maximum atomic E-state index is 3.41. The summed E-state index contributed by atoms with van der Waals surface area (Å²) in [5, 5.41) is 10.9. The van der Waals surface area contributed by atoms with Gasteiger partial charge in [-0.15, -0.1) is 0 Å². The molecule has 0 nitrogen and oxygen atoms in total. The summed E-state index contributed by atoms with van der Waals surface area (Å²) in [6.45, 7) is 26.7. The second-order valence-corrected chi connectivity index (χ2v) is 15.7. The quantitative estimate of drug-likeness (QED) is 0.178. The summed E-state index contributed by atoms with van der Waals surface area (Å²) < 4.78 is 0. The molecule has 8 bridgehead atoms. The van der Waals surface area contributed by atoms with Crippen molar-refractivity contribution in [3.8, 4) is 0 Å². The Bertz CT molecular complexity index is 2110.